The fourth-order valence-electron chi connectivity index (χ4n) is 4.43. The van der Waals surface area contributed by atoms with Gasteiger partial charge in [-0.05, 0) is 65.8 Å². The number of aliphatic carboxylic acids is 1. The van der Waals surface area contributed by atoms with Crippen molar-refractivity contribution in [1.29, 1.82) is 0 Å². The lowest BCUT2D eigenvalue weighted by atomic mass is 10.0. The largest absolute Gasteiger partial charge is 0.479 e. The summed E-state index contributed by atoms with van der Waals surface area (Å²) >= 11 is 0. The molecule has 4 rings (SSSR count). The molecule has 0 spiro atoms. The Hall–Kier alpha value is -4.50. The molecule has 0 saturated heterocycles. The maximum absolute atomic E-state index is 15.9. The summed E-state index contributed by atoms with van der Waals surface area (Å²) < 4.78 is 42.9. The number of benzene rings is 3. The smallest absolute Gasteiger partial charge is 0.344 e. The third kappa shape index (κ3) is 7.18. The predicted molar refractivity (Wildman–Crippen MR) is 154 cm³/mol. The molecule has 7 nitrogen and oxygen atoms in total. The molecule has 3 aromatic carbocycles. The van der Waals surface area contributed by atoms with Crippen molar-refractivity contribution >= 4 is 11.7 Å². The first-order valence-corrected chi connectivity index (χ1v) is 13.3. The summed E-state index contributed by atoms with van der Waals surface area (Å²) in [7, 11) is 1.54. The molecule has 3 N–H and O–H groups in total. The lowest BCUT2D eigenvalue weighted by Crippen LogP contribution is -2.28. The van der Waals surface area contributed by atoms with E-state index in [0.717, 1.165) is 27.8 Å². The molecule has 4 aromatic rings. The number of carbonyl (C=O) groups is 1. The molecule has 41 heavy (non-hydrogen) atoms. The highest BCUT2D eigenvalue weighted by atomic mass is 19.1. The highest BCUT2D eigenvalue weighted by Crippen LogP contribution is 2.37. The minimum atomic E-state index is -1.38. The Morgan fingerprint density at radius 3 is 2.37 bits per heavy atom. The number of hydrogen-bond acceptors (Lipinski definition) is 6. The van der Waals surface area contributed by atoms with Gasteiger partial charge < -0.3 is 25.2 Å². The third-order valence-corrected chi connectivity index (χ3v) is 6.62. The Morgan fingerprint density at radius 1 is 0.976 bits per heavy atom. The van der Waals surface area contributed by atoms with E-state index in [4.69, 9.17) is 15.2 Å². The van der Waals surface area contributed by atoms with Gasteiger partial charge >= 0.3 is 5.97 Å². The van der Waals surface area contributed by atoms with E-state index < -0.39 is 41.2 Å². The van der Waals surface area contributed by atoms with E-state index in [-0.39, 0.29) is 18.7 Å². The number of anilines is 1. The Bertz CT molecular complexity index is 1510. The van der Waals surface area contributed by atoms with Crippen LogP contribution in [0.3, 0.4) is 0 Å². The average Bonchev–Trinajstić information content (AvgIpc) is 2.97. The van der Waals surface area contributed by atoms with Crippen LogP contribution < -0.4 is 20.1 Å². The molecule has 1 atom stereocenters. The van der Waals surface area contributed by atoms with Gasteiger partial charge in [0.2, 0.25) is 11.6 Å². The molecule has 9 heteroatoms. The van der Waals surface area contributed by atoms with Crippen molar-refractivity contribution < 1.29 is 28.2 Å². The summed E-state index contributed by atoms with van der Waals surface area (Å²) in [6.07, 6.45) is -0.814. The van der Waals surface area contributed by atoms with Crippen LogP contribution in [0.4, 0.5) is 14.5 Å². The molecule has 0 bridgehead atoms. The van der Waals surface area contributed by atoms with E-state index in [2.05, 4.69) is 4.98 Å². The minimum Gasteiger partial charge on any atom is -0.479 e. The molecule has 0 aliphatic carbocycles. The van der Waals surface area contributed by atoms with Gasteiger partial charge in [0.05, 0.1) is 0 Å². The van der Waals surface area contributed by atoms with Gasteiger partial charge in [-0.2, -0.15) is 13.8 Å². The highest BCUT2D eigenvalue weighted by Gasteiger charge is 2.29. The summed E-state index contributed by atoms with van der Waals surface area (Å²) in [5.41, 5.74) is 9.86. The lowest BCUT2D eigenvalue weighted by molar-refractivity contribution is -0.145. The second-order valence-electron chi connectivity index (χ2n) is 9.75. The first kappa shape index (κ1) is 29.5. The van der Waals surface area contributed by atoms with Gasteiger partial charge in [0.15, 0.2) is 6.10 Å². The van der Waals surface area contributed by atoms with Crippen LogP contribution in [0.25, 0.3) is 11.1 Å². The molecular weight excluding hydrogens is 528 g/mol. The summed E-state index contributed by atoms with van der Waals surface area (Å²) in [6.45, 7) is 4.10. The minimum absolute atomic E-state index is 0.0479. The van der Waals surface area contributed by atoms with E-state index in [9.17, 15) is 9.90 Å². The molecule has 0 aliphatic rings. The topological polar surface area (TPSA) is 97.9 Å². The molecule has 214 valence electrons. The van der Waals surface area contributed by atoms with Crippen LogP contribution in [0.15, 0.2) is 72.8 Å². The van der Waals surface area contributed by atoms with Crippen LogP contribution in [0.1, 0.15) is 30.0 Å². The quantitative estimate of drug-likeness (QED) is 0.204. The van der Waals surface area contributed by atoms with Crippen molar-refractivity contribution in [1.82, 2.24) is 4.98 Å². The number of carboxylic acid groups (broad SMARTS) is 1. The fourth-order valence-corrected chi connectivity index (χ4v) is 4.43. The number of hydrogen-bond donors (Lipinski definition) is 2. The number of rotatable bonds is 12. The van der Waals surface area contributed by atoms with Gasteiger partial charge in [-0.15, -0.1) is 0 Å². The zero-order valence-electron chi connectivity index (χ0n) is 23.2. The number of ether oxygens (including phenoxy) is 2. The summed E-state index contributed by atoms with van der Waals surface area (Å²) in [4.78, 5) is 17.0. The molecule has 1 heterocycles. The van der Waals surface area contributed by atoms with E-state index >= 15 is 8.78 Å². The van der Waals surface area contributed by atoms with Gasteiger partial charge in [-0.25, -0.2) is 4.79 Å². The van der Waals surface area contributed by atoms with Crippen molar-refractivity contribution in [3.63, 3.8) is 0 Å². The van der Waals surface area contributed by atoms with Crippen molar-refractivity contribution in [2.24, 2.45) is 5.73 Å². The van der Waals surface area contributed by atoms with Gasteiger partial charge in [-0.3, -0.25) is 0 Å². The second kappa shape index (κ2) is 13.2. The average molecular weight is 562 g/mol. The van der Waals surface area contributed by atoms with Gasteiger partial charge in [-0.1, -0.05) is 61.5 Å². The Balaban J connectivity index is 1.74. The van der Waals surface area contributed by atoms with Crippen LogP contribution in [-0.2, 0) is 17.8 Å². The van der Waals surface area contributed by atoms with E-state index in [1.807, 2.05) is 67.6 Å². The van der Waals surface area contributed by atoms with Gasteiger partial charge in [0.25, 0.3) is 11.8 Å². The molecule has 0 radical (unpaired) electrons. The van der Waals surface area contributed by atoms with Crippen LogP contribution >= 0.6 is 0 Å². The molecule has 1 unspecified atom stereocenters. The predicted octanol–water partition coefficient (Wildman–Crippen LogP) is 6.51. The van der Waals surface area contributed by atoms with Crippen molar-refractivity contribution in [2.45, 2.75) is 39.3 Å². The normalized spacial score (nSPS) is 11.7. The number of carboxylic acids is 1. The fraction of sp³-hybridized carbons (Fsp3) is 0.250. The molecule has 0 amide bonds. The van der Waals surface area contributed by atoms with Gasteiger partial charge in [0.1, 0.15) is 11.4 Å². The van der Waals surface area contributed by atoms with Crippen molar-refractivity contribution in [3.8, 4) is 28.6 Å². The van der Waals surface area contributed by atoms with Gasteiger partial charge in [0, 0.05) is 20.1 Å². The van der Waals surface area contributed by atoms with Crippen molar-refractivity contribution in [2.75, 3.05) is 18.5 Å². The van der Waals surface area contributed by atoms with Crippen molar-refractivity contribution in [3.05, 3.63) is 101 Å². The van der Waals surface area contributed by atoms with E-state index in [1.54, 1.807) is 26.1 Å². The molecule has 0 fully saturated rings. The number of aromatic nitrogens is 1. The number of halogens is 2. The highest BCUT2D eigenvalue weighted by molar-refractivity contribution is 5.72. The number of nitrogens with zero attached hydrogens (tertiary/aromatic N) is 2. The molecule has 1 aromatic heterocycles. The Morgan fingerprint density at radius 2 is 1.68 bits per heavy atom. The lowest BCUT2D eigenvalue weighted by Gasteiger charge is -2.23. The maximum Gasteiger partial charge on any atom is 0.344 e. The summed E-state index contributed by atoms with van der Waals surface area (Å²) in [6, 6.07) is 22.6. The number of nitrogens with two attached hydrogens (primary N) is 1. The monoisotopic (exact) mass is 561 g/mol. The molecule has 0 saturated carbocycles. The zero-order chi connectivity index (χ0) is 29.5. The molecule has 0 aliphatic heterocycles. The SMILES string of the molecule is CCC(Oc1nc(Oc2cc(C)cc(-c3cccc(CN)c3)c2)c(F)c(N(C)CCc2ccccc2)c1F)C(=O)O. The second-order valence-corrected chi connectivity index (χ2v) is 9.75. The first-order valence-electron chi connectivity index (χ1n) is 13.3. The summed E-state index contributed by atoms with van der Waals surface area (Å²) in [5.74, 6) is -4.33. The summed E-state index contributed by atoms with van der Waals surface area (Å²) in [5, 5.41) is 9.48. The maximum atomic E-state index is 15.9. The number of aryl methyl sites for hydroxylation is 1. The van der Waals surface area contributed by atoms with E-state index in [0.29, 0.717) is 13.0 Å². The van der Waals surface area contributed by atoms with E-state index in [1.165, 1.54) is 4.90 Å². The van der Waals surface area contributed by atoms with Crippen LogP contribution in [-0.4, -0.2) is 35.8 Å². The Kier molecular flexibility index (Phi) is 9.52. The number of likely N-dealkylation sites (N-methyl/N-ethyl adjacent to an activating group) is 1. The third-order valence-electron chi connectivity index (χ3n) is 6.62. The van der Waals surface area contributed by atoms with Crippen LogP contribution in [0.2, 0.25) is 0 Å². The standard InChI is InChI=1S/C32H33F2N3O4/c1-4-26(32(38)39)41-31-28(34)29(37(3)14-13-21-9-6-5-7-10-21)27(33)30(36-31)40-25-16-20(2)15-24(18-25)23-12-8-11-22(17-23)19-35/h5-12,15-18,26H,4,13-14,19,35H2,1-3H3,(H,38,39). The molecular formula is C32H33F2N3O4. The first-order chi connectivity index (χ1) is 19.7. The van der Waals surface area contributed by atoms with Crippen LogP contribution in [0, 0.1) is 18.6 Å². The number of pyridine rings is 1. The zero-order valence-corrected chi connectivity index (χ0v) is 23.2. The Labute approximate surface area is 238 Å². The van der Waals surface area contributed by atoms with Crippen LogP contribution in [0.5, 0.6) is 17.5 Å².